The van der Waals surface area contributed by atoms with Crippen LogP contribution in [0.2, 0.25) is 5.02 Å². The zero-order chi connectivity index (χ0) is 34.0. The average molecular weight is 681 g/mol. The third-order valence-corrected chi connectivity index (χ3v) is 10.5. The summed E-state index contributed by atoms with van der Waals surface area (Å²) in [5.41, 5.74) is -2.60. The molecule has 4 heterocycles. The maximum Gasteiger partial charge on any atom is 0.408 e. The van der Waals surface area contributed by atoms with Crippen molar-refractivity contribution in [2.45, 2.75) is 76.0 Å². The number of carbonyl (C=O) groups is 4. The molecule has 254 valence electrons. The summed E-state index contributed by atoms with van der Waals surface area (Å²) in [7, 11) is 0. The molecule has 0 radical (unpaired) electrons. The number of carbonyl (C=O) groups excluding carboxylic acids is 4. The van der Waals surface area contributed by atoms with Gasteiger partial charge in [-0.05, 0) is 41.9 Å². The number of fused-ring (bicyclic) bond motifs is 6. The fraction of sp³-hybridized carbons (Fsp3) is 0.677. The summed E-state index contributed by atoms with van der Waals surface area (Å²) >= 11 is 6.09. The molecule has 2 saturated carbocycles. The quantitative estimate of drug-likeness (QED) is 0.465. The first-order valence-corrected chi connectivity index (χ1v) is 16.0. The zero-order valence-corrected chi connectivity index (χ0v) is 26.8. The van der Waals surface area contributed by atoms with Gasteiger partial charge in [0.25, 0.3) is 5.91 Å². The van der Waals surface area contributed by atoms with Crippen LogP contribution < -0.4 is 15.4 Å². The van der Waals surface area contributed by atoms with Crippen molar-refractivity contribution in [2.75, 3.05) is 31.8 Å². The number of ether oxygens (including phenoxy) is 2. The van der Waals surface area contributed by atoms with Crippen LogP contribution in [0.15, 0.2) is 12.3 Å². The van der Waals surface area contributed by atoms with E-state index < -0.39 is 90.4 Å². The number of pyridine rings is 1. The predicted molar refractivity (Wildman–Crippen MR) is 159 cm³/mol. The lowest BCUT2D eigenvalue weighted by Gasteiger charge is -2.39. The van der Waals surface area contributed by atoms with Gasteiger partial charge in [-0.2, -0.15) is 5.26 Å². The number of nitriles is 1. The summed E-state index contributed by atoms with van der Waals surface area (Å²) < 4.78 is 52.3. The Bertz CT molecular complexity index is 1520. The number of nitrogens with one attached hydrogen (secondary N) is 2. The van der Waals surface area contributed by atoms with Crippen LogP contribution in [0.1, 0.15) is 40.0 Å². The molecule has 1 aromatic rings. The van der Waals surface area contributed by atoms with E-state index >= 15 is 4.39 Å². The molecule has 2 saturated heterocycles. The highest BCUT2D eigenvalue weighted by Gasteiger charge is 2.65. The molecule has 9 atom stereocenters. The van der Waals surface area contributed by atoms with Gasteiger partial charge in [-0.3, -0.25) is 14.4 Å². The Hall–Kier alpha value is -3.80. The smallest absolute Gasteiger partial charge is 0.408 e. The van der Waals surface area contributed by atoms with Crippen LogP contribution in [-0.2, 0) is 19.1 Å². The van der Waals surface area contributed by atoms with Gasteiger partial charge >= 0.3 is 6.09 Å². The predicted octanol–water partition coefficient (Wildman–Crippen LogP) is 3.20. The molecule has 47 heavy (non-hydrogen) atoms. The number of rotatable bonds is 6. The molecular weight excluding hydrogens is 645 g/mol. The summed E-state index contributed by atoms with van der Waals surface area (Å²) in [6.45, 7) is 2.27. The molecule has 9 unspecified atom stereocenters. The minimum absolute atomic E-state index is 0.0631. The SMILES string of the molecule is CC(C)(C)C(NC(=O)OC(CF)CF)C(=O)N1CC2C3CC(F)C(C3)C2C1C(=O)N1CC2(CC1C#N)Oc1cc(Cl)cnc1NC2=O. The molecule has 1 spiro atoms. The van der Waals surface area contributed by atoms with E-state index in [0.717, 1.165) is 0 Å². The Morgan fingerprint density at radius 2 is 1.98 bits per heavy atom. The van der Waals surface area contributed by atoms with Crippen molar-refractivity contribution in [1.29, 1.82) is 5.26 Å². The summed E-state index contributed by atoms with van der Waals surface area (Å²) in [6.07, 6.45) is -1.99. The van der Waals surface area contributed by atoms with E-state index in [-0.39, 0.29) is 47.9 Å². The highest BCUT2D eigenvalue weighted by molar-refractivity contribution is 6.30. The maximum atomic E-state index is 15.3. The Kier molecular flexibility index (Phi) is 8.47. The molecule has 1 aromatic heterocycles. The topological polar surface area (TPSA) is 154 Å². The van der Waals surface area contributed by atoms with Crippen LogP contribution in [0.4, 0.5) is 23.8 Å². The number of anilines is 1. The summed E-state index contributed by atoms with van der Waals surface area (Å²) in [4.78, 5) is 61.7. The first-order valence-electron chi connectivity index (χ1n) is 15.6. The van der Waals surface area contributed by atoms with Crippen molar-refractivity contribution in [3.8, 4) is 11.8 Å². The number of hydrogen-bond donors (Lipinski definition) is 2. The summed E-state index contributed by atoms with van der Waals surface area (Å²) in [5.74, 6) is -2.91. The standard InChI is InChI=1S/C31H36ClF3N6O6/c1-30(2,3)24(38-29(45)46-17(8-33)9-34)27(43)40-12-19-14-4-18(20(35)5-14)22(19)23(40)26(42)41-13-31(7-16(41)10-36)28(44)39-25-21(47-31)6-15(32)11-37-25/h6,11,14,16-20,22-24H,4-5,7-9,12-13H2,1-3H3,(H,38,45)(H,37,39,44). The lowest BCUT2D eigenvalue weighted by atomic mass is 9.77. The Morgan fingerprint density at radius 3 is 2.64 bits per heavy atom. The van der Waals surface area contributed by atoms with Crippen LogP contribution in [-0.4, -0.2) is 101 Å². The number of halogens is 4. The monoisotopic (exact) mass is 680 g/mol. The van der Waals surface area contributed by atoms with Crippen molar-refractivity contribution in [3.63, 3.8) is 0 Å². The van der Waals surface area contributed by atoms with Gasteiger partial charge in [0, 0.05) is 25.2 Å². The van der Waals surface area contributed by atoms with Gasteiger partial charge < -0.3 is 29.9 Å². The zero-order valence-electron chi connectivity index (χ0n) is 26.1. The van der Waals surface area contributed by atoms with Gasteiger partial charge in [-0.1, -0.05) is 32.4 Å². The van der Waals surface area contributed by atoms with E-state index in [2.05, 4.69) is 21.7 Å². The molecule has 12 nitrogen and oxygen atoms in total. The lowest BCUT2D eigenvalue weighted by molar-refractivity contribution is -0.149. The number of likely N-dealkylation sites (tertiary alicyclic amines) is 2. The second-order valence-corrected chi connectivity index (χ2v) is 14.7. The summed E-state index contributed by atoms with van der Waals surface area (Å²) in [5, 5.41) is 15.5. The van der Waals surface area contributed by atoms with E-state index in [1.165, 1.54) is 22.1 Å². The maximum absolute atomic E-state index is 15.3. The highest BCUT2D eigenvalue weighted by atomic mass is 35.5. The average Bonchev–Trinajstić information content (AvgIpc) is 3.78. The number of amides is 4. The first-order chi connectivity index (χ1) is 22.2. The second kappa shape index (κ2) is 12.0. The van der Waals surface area contributed by atoms with Gasteiger partial charge in [-0.25, -0.2) is 22.9 Å². The number of alkyl halides is 3. The fourth-order valence-electron chi connectivity index (χ4n) is 8.17. The van der Waals surface area contributed by atoms with Crippen LogP contribution in [0.5, 0.6) is 5.75 Å². The van der Waals surface area contributed by atoms with Crippen molar-refractivity contribution in [1.82, 2.24) is 20.1 Å². The van der Waals surface area contributed by atoms with E-state index in [9.17, 15) is 33.2 Å². The van der Waals surface area contributed by atoms with Gasteiger partial charge in [0.15, 0.2) is 17.7 Å². The second-order valence-electron chi connectivity index (χ2n) is 14.2. The molecule has 5 aliphatic rings. The van der Waals surface area contributed by atoms with E-state index in [1.54, 1.807) is 20.8 Å². The molecule has 2 N–H and O–H groups in total. The Labute approximate surface area is 274 Å². The first kappa shape index (κ1) is 33.1. The number of alkyl carbamates (subject to hydrolysis) is 1. The van der Waals surface area contributed by atoms with Gasteiger partial charge in [0.05, 0.1) is 17.6 Å². The van der Waals surface area contributed by atoms with Gasteiger partial charge in [-0.15, -0.1) is 0 Å². The van der Waals surface area contributed by atoms with Crippen molar-refractivity contribution in [3.05, 3.63) is 17.3 Å². The molecular formula is C31H36ClF3N6O6. The molecule has 4 fully saturated rings. The molecule has 6 rings (SSSR count). The highest BCUT2D eigenvalue weighted by Crippen LogP contribution is 2.59. The number of hydrogen-bond acceptors (Lipinski definition) is 8. The number of aromatic nitrogens is 1. The minimum atomic E-state index is -1.65. The molecule has 0 aromatic carbocycles. The largest absolute Gasteiger partial charge is 0.471 e. The van der Waals surface area contributed by atoms with Crippen molar-refractivity contribution in [2.24, 2.45) is 29.1 Å². The molecule has 4 amide bonds. The molecule has 16 heteroatoms. The molecule has 2 aliphatic carbocycles. The Balaban J connectivity index is 1.32. The van der Waals surface area contributed by atoms with Gasteiger partial charge in [0.2, 0.25) is 17.4 Å². The minimum Gasteiger partial charge on any atom is -0.471 e. The van der Waals surface area contributed by atoms with Gasteiger partial charge in [0.1, 0.15) is 37.6 Å². The van der Waals surface area contributed by atoms with Crippen molar-refractivity contribution < 1.29 is 41.8 Å². The van der Waals surface area contributed by atoms with Crippen LogP contribution >= 0.6 is 11.6 Å². The Morgan fingerprint density at radius 1 is 1.26 bits per heavy atom. The molecule has 3 aliphatic heterocycles. The van der Waals surface area contributed by atoms with Crippen molar-refractivity contribution >= 4 is 41.2 Å². The third kappa shape index (κ3) is 5.62. The van der Waals surface area contributed by atoms with Crippen LogP contribution in [0.3, 0.4) is 0 Å². The van der Waals surface area contributed by atoms with E-state index in [4.69, 9.17) is 21.1 Å². The van der Waals surface area contributed by atoms with Crippen LogP contribution in [0, 0.1) is 40.4 Å². The fourth-order valence-corrected chi connectivity index (χ4v) is 8.32. The molecule has 2 bridgehead atoms. The van der Waals surface area contributed by atoms with E-state index in [0.29, 0.717) is 12.8 Å². The van der Waals surface area contributed by atoms with E-state index in [1.807, 2.05) is 0 Å². The summed E-state index contributed by atoms with van der Waals surface area (Å²) in [6, 6.07) is -0.0658. The normalized spacial score (nSPS) is 32.8. The third-order valence-electron chi connectivity index (χ3n) is 10.3. The number of nitrogens with zero attached hydrogens (tertiary/aromatic N) is 4. The van der Waals surface area contributed by atoms with Crippen LogP contribution in [0.25, 0.3) is 0 Å². The lowest BCUT2D eigenvalue weighted by Crippen LogP contribution is -2.60.